The third kappa shape index (κ3) is 3.34. The summed E-state index contributed by atoms with van der Waals surface area (Å²) >= 11 is 1.64. The highest BCUT2D eigenvalue weighted by atomic mass is 32.1. The molecule has 0 unspecified atom stereocenters. The molecule has 0 saturated heterocycles. The van der Waals surface area contributed by atoms with Crippen molar-refractivity contribution < 1.29 is 9.50 Å². The number of aromatic hydroxyl groups is 1. The van der Waals surface area contributed by atoms with Crippen LogP contribution in [0.3, 0.4) is 0 Å². The average molecular weight is 352 g/mol. The summed E-state index contributed by atoms with van der Waals surface area (Å²) in [5.74, 6) is -0.0186. The highest BCUT2D eigenvalue weighted by Gasteiger charge is 2.27. The molecule has 1 aliphatic heterocycles. The van der Waals surface area contributed by atoms with E-state index >= 15 is 0 Å². The van der Waals surface area contributed by atoms with Crippen LogP contribution in [-0.4, -0.2) is 10.8 Å². The van der Waals surface area contributed by atoms with Gasteiger partial charge in [0.2, 0.25) is 0 Å². The van der Waals surface area contributed by atoms with Gasteiger partial charge in [-0.05, 0) is 41.3 Å². The first-order valence-electron chi connectivity index (χ1n) is 8.10. The van der Waals surface area contributed by atoms with Crippen LogP contribution in [0.4, 0.5) is 4.39 Å². The number of thiophene rings is 1. The smallest absolute Gasteiger partial charge is 0.135 e. The molecule has 1 aromatic heterocycles. The second-order valence-electron chi connectivity index (χ2n) is 5.99. The van der Waals surface area contributed by atoms with Crippen molar-refractivity contribution in [3.63, 3.8) is 0 Å². The number of benzene rings is 2. The van der Waals surface area contributed by atoms with Gasteiger partial charge in [-0.1, -0.05) is 30.3 Å². The number of phenolic OH excluding ortho intramolecular Hbond substituents is 1. The summed E-state index contributed by atoms with van der Waals surface area (Å²) in [6.45, 7) is 0. The maximum absolute atomic E-state index is 13.3. The van der Waals surface area contributed by atoms with Gasteiger partial charge in [-0.15, -0.1) is 11.3 Å². The Morgan fingerprint density at radius 1 is 1.04 bits per heavy atom. The zero-order valence-corrected chi connectivity index (χ0v) is 14.2. The lowest BCUT2D eigenvalue weighted by atomic mass is 9.94. The van der Waals surface area contributed by atoms with E-state index in [2.05, 4.69) is 5.32 Å². The largest absolute Gasteiger partial charge is 0.507 e. The fraction of sp³-hybridized carbons (Fsp3) is 0.150. The Morgan fingerprint density at radius 3 is 2.56 bits per heavy atom. The molecule has 1 aliphatic rings. The third-order valence-corrected chi connectivity index (χ3v) is 5.27. The van der Waals surface area contributed by atoms with Crippen molar-refractivity contribution in [2.75, 3.05) is 0 Å². The van der Waals surface area contributed by atoms with Gasteiger partial charge in [0.1, 0.15) is 17.7 Å². The summed E-state index contributed by atoms with van der Waals surface area (Å²) in [5.41, 5.74) is 2.60. The minimum atomic E-state index is -0.246. The summed E-state index contributed by atoms with van der Waals surface area (Å²) in [6.07, 6.45) is 0.448. The molecule has 3 aromatic rings. The molecule has 2 N–H and O–H groups in total. The Hall–Kier alpha value is -2.50. The second-order valence-corrected chi connectivity index (χ2v) is 6.97. The first-order chi connectivity index (χ1) is 12.2. The normalized spacial score (nSPS) is 20.3. The summed E-state index contributed by atoms with van der Waals surface area (Å²) in [7, 11) is 0. The van der Waals surface area contributed by atoms with Crippen molar-refractivity contribution in [3.8, 4) is 5.75 Å². The zero-order valence-electron chi connectivity index (χ0n) is 13.4. The van der Waals surface area contributed by atoms with Crippen LogP contribution in [0.5, 0.6) is 5.75 Å². The number of nitrogens with one attached hydrogen (secondary N) is 1. The molecule has 3 nitrogen and oxygen atoms in total. The third-order valence-electron chi connectivity index (χ3n) is 4.34. The fourth-order valence-corrected chi connectivity index (χ4v) is 3.81. The van der Waals surface area contributed by atoms with E-state index in [1.54, 1.807) is 35.6 Å². The van der Waals surface area contributed by atoms with Gasteiger partial charge >= 0.3 is 0 Å². The number of para-hydroxylation sites is 1. The molecule has 0 radical (unpaired) electrons. The molecule has 2 heterocycles. The molecule has 2 atom stereocenters. The van der Waals surface area contributed by atoms with E-state index in [9.17, 15) is 9.50 Å². The lowest BCUT2D eigenvalue weighted by molar-refractivity contribution is 0.443. The van der Waals surface area contributed by atoms with Crippen LogP contribution in [0.1, 0.15) is 34.6 Å². The molecular formula is C20H17FN2OS. The maximum Gasteiger partial charge on any atom is 0.135 e. The van der Waals surface area contributed by atoms with E-state index in [1.165, 1.54) is 12.1 Å². The topological polar surface area (TPSA) is 44.6 Å². The number of phenols is 1. The Bertz CT molecular complexity index is 890. The number of halogens is 1. The van der Waals surface area contributed by atoms with Crippen LogP contribution in [-0.2, 0) is 0 Å². The van der Waals surface area contributed by atoms with Crippen LogP contribution in [0.2, 0.25) is 0 Å². The van der Waals surface area contributed by atoms with E-state index in [-0.39, 0.29) is 23.8 Å². The minimum absolute atomic E-state index is 0.000180. The van der Waals surface area contributed by atoms with Crippen LogP contribution < -0.4 is 5.32 Å². The molecule has 0 amide bonds. The van der Waals surface area contributed by atoms with Crippen molar-refractivity contribution >= 4 is 17.0 Å². The monoisotopic (exact) mass is 352 g/mol. The lowest BCUT2D eigenvalue weighted by Gasteiger charge is -2.30. The Balaban J connectivity index is 1.74. The van der Waals surface area contributed by atoms with Gasteiger partial charge in [-0.25, -0.2) is 4.39 Å². The van der Waals surface area contributed by atoms with Gasteiger partial charge < -0.3 is 5.11 Å². The maximum atomic E-state index is 13.3. The van der Waals surface area contributed by atoms with Crippen LogP contribution in [0.15, 0.2) is 71.0 Å². The zero-order chi connectivity index (χ0) is 17.2. The van der Waals surface area contributed by atoms with Gasteiger partial charge in [0.25, 0.3) is 0 Å². The standard InChI is InChI=1S/C20H17FN2OS/c21-14-9-7-13(8-10-14)16-12-17(15-4-1-2-5-18(15)24)23-20(22-16)19-6-3-11-25-19/h1-11,16,20,22,24H,12H2/t16-,20+/m0/s1. The average Bonchev–Trinajstić information content (AvgIpc) is 3.17. The summed E-state index contributed by atoms with van der Waals surface area (Å²) < 4.78 is 13.3. The van der Waals surface area contributed by atoms with Crippen LogP contribution >= 0.6 is 11.3 Å². The predicted octanol–water partition coefficient (Wildman–Crippen LogP) is 4.82. The van der Waals surface area contributed by atoms with Crippen molar-refractivity contribution in [3.05, 3.63) is 87.9 Å². The molecule has 0 bridgehead atoms. The number of hydrogen-bond acceptors (Lipinski definition) is 4. The molecule has 0 saturated carbocycles. The lowest BCUT2D eigenvalue weighted by Crippen LogP contribution is -2.32. The number of nitrogens with zero attached hydrogens (tertiary/aromatic N) is 1. The Labute approximate surface area is 149 Å². The fourth-order valence-electron chi connectivity index (χ4n) is 3.09. The van der Waals surface area contributed by atoms with E-state index in [1.807, 2.05) is 29.6 Å². The van der Waals surface area contributed by atoms with E-state index in [0.717, 1.165) is 21.7 Å². The second kappa shape index (κ2) is 6.78. The molecule has 0 aliphatic carbocycles. The molecule has 126 valence electrons. The number of hydrogen-bond donors (Lipinski definition) is 2. The first kappa shape index (κ1) is 16.0. The molecule has 4 rings (SSSR count). The van der Waals surface area contributed by atoms with Gasteiger partial charge in [-0.3, -0.25) is 10.3 Å². The van der Waals surface area contributed by atoms with Crippen molar-refractivity contribution in [2.45, 2.75) is 18.6 Å². The quantitative estimate of drug-likeness (QED) is 0.710. The van der Waals surface area contributed by atoms with Gasteiger partial charge in [0.05, 0.1) is 5.71 Å². The van der Waals surface area contributed by atoms with Gasteiger partial charge in [0, 0.05) is 22.9 Å². The number of aliphatic imine (C=N–C) groups is 1. The Morgan fingerprint density at radius 2 is 1.84 bits per heavy atom. The molecular weight excluding hydrogens is 335 g/mol. The highest BCUT2D eigenvalue weighted by molar-refractivity contribution is 7.10. The minimum Gasteiger partial charge on any atom is -0.507 e. The van der Waals surface area contributed by atoms with Gasteiger partial charge in [0.15, 0.2) is 0 Å². The van der Waals surface area contributed by atoms with E-state index in [4.69, 9.17) is 4.99 Å². The van der Waals surface area contributed by atoms with Crippen LogP contribution in [0.25, 0.3) is 0 Å². The number of rotatable bonds is 3. The van der Waals surface area contributed by atoms with E-state index in [0.29, 0.717) is 6.42 Å². The highest BCUT2D eigenvalue weighted by Crippen LogP contribution is 2.33. The molecule has 25 heavy (non-hydrogen) atoms. The van der Waals surface area contributed by atoms with E-state index < -0.39 is 0 Å². The van der Waals surface area contributed by atoms with Crippen LogP contribution in [0, 0.1) is 5.82 Å². The first-order valence-corrected chi connectivity index (χ1v) is 8.98. The Kier molecular flexibility index (Phi) is 4.34. The molecule has 5 heteroatoms. The molecule has 0 spiro atoms. The van der Waals surface area contributed by atoms with Gasteiger partial charge in [-0.2, -0.15) is 0 Å². The van der Waals surface area contributed by atoms with Crippen molar-refractivity contribution in [2.24, 2.45) is 4.99 Å². The molecule has 0 fully saturated rings. The predicted molar refractivity (Wildman–Crippen MR) is 98.6 cm³/mol. The summed E-state index contributed by atoms with van der Waals surface area (Å²) in [6, 6.07) is 17.8. The molecule has 2 aromatic carbocycles. The SMILES string of the molecule is Oc1ccccc1C1=N[C@H](c2cccs2)N[C@H](c2ccc(F)cc2)C1. The van der Waals surface area contributed by atoms with Crippen molar-refractivity contribution in [1.29, 1.82) is 0 Å². The summed E-state index contributed by atoms with van der Waals surface area (Å²) in [5, 5.41) is 15.8. The van der Waals surface area contributed by atoms with Crippen molar-refractivity contribution in [1.82, 2.24) is 5.32 Å². The summed E-state index contributed by atoms with van der Waals surface area (Å²) in [4.78, 5) is 5.94.